The quantitative estimate of drug-likeness (QED) is 0.647. The number of anilines is 1. The number of ether oxygens (including phenoxy) is 1. The van der Waals surface area contributed by atoms with E-state index in [0.717, 1.165) is 29.7 Å². The van der Waals surface area contributed by atoms with Crippen molar-refractivity contribution in [2.45, 2.75) is 31.7 Å². The third-order valence-electron chi connectivity index (χ3n) is 3.22. The minimum Gasteiger partial charge on any atom is -0.465 e. The molecule has 0 aliphatic heterocycles. The summed E-state index contributed by atoms with van der Waals surface area (Å²) in [5, 5.41) is 3.21. The van der Waals surface area contributed by atoms with Gasteiger partial charge in [0.25, 0.3) is 0 Å². The van der Waals surface area contributed by atoms with Crippen LogP contribution < -0.4 is 11.1 Å². The molecule has 1 heterocycles. The first-order valence-corrected chi connectivity index (χ1v) is 7.12. The molecule has 1 atom stereocenters. The number of hydrogen-bond donors (Lipinski definition) is 2. The van der Waals surface area contributed by atoms with Gasteiger partial charge in [-0.25, -0.2) is 4.79 Å². The van der Waals surface area contributed by atoms with E-state index in [9.17, 15) is 9.59 Å². The van der Waals surface area contributed by atoms with E-state index in [4.69, 9.17) is 16.9 Å². The molecule has 0 spiro atoms. The molecule has 3 N–H and O–H groups in total. The van der Waals surface area contributed by atoms with Crippen LogP contribution in [0.5, 0.6) is 0 Å². The Morgan fingerprint density at radius 1 is 1.55 bits per heavy atom. The van der Waals surface area contributed by atoms with Crippen molar-refractivity contribution >= 4 is 28.2 Å². The predicted molar refractivity (Wildman–Crippen MR) is 77.7 cm³/mol. The molecule has 0 bridgehead atoms. The van der Waals surface area contributed by atoms with E-state index in [2.05, 4.69) is 11.2 Å². The van der Waals surface area contributed by atoms with Crippen LogP contribution in [0.25, 0.3) is 0 Å². The van der Waals surface area contributed by atoms with Gasteiger partial charge >= 0.3 is 5.97 Å². The van der Waals surface area contributed by atoms with Gasteiger partial charge in [0.15, 0.2) is 0 Å². The number of rotatable bonds is 4. The molecule has 6 heteroatoms. The fourth-order valence-electron chi connectivity index (χ4n) is 2.23. The number of nitrogens with one attached hydrogen (secondary N) is 1. The number of carbonyl (C=O) groups is 2. The van der Waals surface area contributed by atoms with Crippen LogP contribution in [0.4, 0.5) is 5.00 Å². The van der Waals surface area contributed by atoms with Crippen LogP contribution in [0.1, 0.15) is 33.6 Å². The highest BCUT2D eigenvalue weighted by atomic mass is 32.1. The Labute approximate surface area is 121 Å². The van der Waals surface area contributed by atoms with Gasteiger partial charge in [0, 0.05) is 11.3 Å². The zero-order chi connectivity index (χ0) is 14.7. The van der Waals surface area contributed by atoms with Gasteiger partial charge in [0.1, 0.15) is 5.00 Å². The second-order valence-electron chi connectivity index (χ2n) is 4.56. The minimum atomic E-state index is -0.776. The van der Waals surface area contributed by atoms with E-state index in [-0.39, 0.29) is 12.3 Å². The summed E-state index contributed by atoms with van der Waals surface area (Å²) in [5.41, 5.74) is 7.11. The lowest BCUT2D eigenvalue weighted by Gasteiger charge is -2.10. The van der Waals surface area contributed by atoms with Gasteiger partial charge in [-0.2, -0.15) is 0 Å². The molecule has 0 saturated heterocycles. The Morgan fingerprint density at radius 3 is 2.95 bits per heavy atom. The van der Waals surface area contributed by atoms with Crippen LogP contribution in [0.2, 0.25) is 0 Å². The van der Waals surface area contributed by atoms with Crippen molar-refractivity contribution in [1.82, 2.24) is 0 Å². The summed E-state index contributed by atoms with van der Waals surface area (Å²) in [5.74, 6) is 1.54. The number of thiophene rings is 1. The summed E-state index contributed by atoms with van der Waals surface area (Å²) in [6, 6.07) is -0.776. The molecule has 5 nitrogen and oxygen atoms in total. The first kappa shape index (κ1) is 14.6. The number of aryl methyl sites for hydroxylation is 1. The summed E-state index contributed by atoms with van der Waals surface area (Å²) in [4.78, 5) is 24.9. The van der Waals surface area contributed by atoms with Crippen molar-refractivity contribution in [2.75, 3.05) is 12.4 Å². The van der Waals surface area contributed by atoms with E-state index >= 15 is 0 Å². The Balaban J connectivity index is 2.26. The molecule has 1 unspecified atom stereocenters. The highest BCUT2D eigenvalue weighted by Gasteiger charge is 2.28. The Bertz CT molecular complexity index is 586. The SMILES string of the molecule is C#CCC(N)C(=O)Nc1sc2c(c1C(=O)OC)CCC2. The largest absolute Gasteiger partial charge is 0.465 e. The topological polar surface area (TPSA) is 81.4 Å². The maximum Gasteiger partial charge on any atom is 0.341 e. The van der Waals surface area contributed by atoms with Crippen LogP contribution in [0.15, 0.2) is 0 Å². The molecule has 106 valence electrons. The van der Waals surface area contributed by atoms with E-state index < -0.39 is 12.0 Å². The Hall–Kier alpha value is -1.84. The van der Waals surface area contributed by atoms with Crippen LogP contribution in [0.3, 0.4) is 0 Å². The van der Waals surface area contributed by atoms with Gasteiger partial charge in [0.2, 0.25) is 5.91 Å². The van der Waals surface area contributed by atoms with Crippen LogP contribution in [0, 0.1) is 12.3 Å². The third kappa shape index (κ3) is 2.69. The lowest BCUT2D eigenvalue weighted by Crippen LogP contribution is -2.35. The molecule has 0 aromatic carbocycles. The number of methoxy groups -OCH3 is 1. The summed E-state index contributed by atoms with van der Waals surface area (Å²) < 4.78 is 4.80. The molecule has 1 aromatic heterocycles. The molecule has 0 saturated carbocycles. The minimum absolute atomic E-state index is 0.157. The number of terminal acetylenes is 1. The highest BCUT2D eigenvalue weighted by molar-refractivity contribution is 7.17. The molecule has 0 fully saturated rings. The van der Waals surface area contributed by atoms with Gasteiger partial charge in [-0.1, -0.05) is 0 Å². The van der Waals surface area contributed by atoms with E-state index in [1.165, 1.54) is 18.4 Å². The maximum absolute atomic E-state index is 11.9. The van der Waals surface area contributed by atoms with Crippen molar-refractivity contribution in [3.63, 3.8) is 0 Å². The predicted octanol–water partition coefficient (Wildman–Crippen LogP) is 1.31. The first-order valence-electron chi connectivity index (χ1n) is 6.31. The second-order valence-corrected chi connectivity index (χ2v) is 5.66. The molecular weight excluding hydrogens is 276 g/mol. The highest BCUT2D eigenvalue weighted by Crippen LogP contribution is 2.39. The van der Waals surface area contributed by atoms with Crippen molar-refractivity contribution in [3.05, 3.63) is 16.0 Å². The molecule has 1 amide bonds. The van der Waals surface area contributed by atoms with Gasteiger partial charge in [-0.05, 0) is 24.8 Å². The zero-order valence-corrected chi connectivity index (χ0v) is 12.0. The Morgan fingerprint density at radius 2 is 2.30 bits per heavy atom. The third-order valence-corrected chi connectivity index (χ3v) is 4.43. The first-order chi connectivity index (χ1) is 9.58. The van der Waals surface area contributed by atoms with Gasteiger partial charge in [0.05, 0.1) is 18.7 Å². The summed E-state index contributed by atoms with van der Waals surface area (Å²) >= 11 is 1.42. The molecule has 2 rings (SSSR count). The fraction of sp³-hybridized carbons (Fsp3) is 0.429. The van der Waals surface area contributed by atoms with Crippen molar-refractivity contribution < 1.29 is 14.3 Å². The lowest BCUT2D eigenvalue weighted by atomic mass is 10.1. The van der Waals surface area contributed by atoms with E-state index in [1.54, 1.807) is 0 Å². The molecular formula is C14H16N2O3S. The van der Waals surface area contributed by atoms with E-state index in [1.807, 2.05) is 0 Å². The van der Waals surface area contributed by atoms with Crippen LogP contribution in [-0.2, 0) is 22.4 Å². The van der Waals surface area contributed by atoms with Crippen molar-refractivity contribution in [1.29, 1.82) is 0 Å². The van der Waals surface area contributed by atoms with Gasteiger partial charge < -0.3 is 15.8 Å². The number of fused-ring (bicyclic) bond motifs is 1. The summed E-state index contributed by atoms with van der Waals surface area (Å²) in [7, 11) is 1.33. The molecule has 0 radical (unpaired) electrons. The number of carbonyl (C=O) groups excluding carboxylic acids is 2. The number of nitrogens with two attached hydrogens (primary N) is 1. The molecule has 1 aromatic rings. The zero-order valence-electron chi connectivity index (χ0n) is 11.2. The van der Waals surface area contributed by atoms with Gasteiger partial charge in [-0.3, -0.25) is 4.79 Å². The smallest absolute Gasteiger partial charge is 0.341 e. The summed E-state index contributed by atoms with van der Waals surface area (Å²) in [6.45, 7) is 0. The van der Waals surface area contributed by atoms with Crippen LogP contribution in [-0.4, -0.2) is 25.0 Å². The standard InChI is InChI=1S/C14H16N2O3S/c1-3-5-9(15)12(17)16-13-11(14(18)19-2)8-6-4-7-10(8)20-13/h1,9H,4-7,15H2,2H3,(H,16,17). The molecule has 1 aliphatic rings. The lowest BCUT2D eigenvalue weighted by molar-refractivity contribution is -0.117. The fourth-order valence-corrected chi connectivity index (χ4v) is 3.51. The Kier molecular flexibility index (Phi) is 4.42. The number of esters is 1. The maximum atomic E-state index is 11.9. The molecule has 20 heavy (non-hydrogen) atoms. The second kappa shape index (κ2) is 6.07. The van der Waals surface area contributed by atoms with Crippen LogP contribution >= 0.6 is 11.3 Å². The van der Waals surface area contributed by atoms with E-state index in [0.29, 0.717) is 10.6 Å². The number of amides is 1. The van der Waals surface area contributed by atoms with Crippen molar-refractivity contribution in [3.8, 4) is 12.3 Å². The van der Waals surface area contributed by atoms with Gasteiger partial charge in [-0.15, -0.1) is 23.7 Å². The molecule has 1 aliphatic carbocycles. The normalized spacial score (nSPS) is 14.2. The monoisotopic (exact) mass is 292 g/mol. The summed E-state index contributed by atoms with van der Waals surface area (Å²) in [6.07, 6.45) is 8.08. The average Bonchev–Trinajstić information content (AvgIpc) is 2.98. The number of hydrogen-bond acceptors (Lipinski definition) is 5. The average molecular weight is 292 g/mol. The van der Waals surface area contributed by atoms with Crippen molar-refractivity contribution in [2.24, 2.45) is 5.73 Å².